The second-order valence-electron chi connectivity index (χ2n) is 5.08. The summed E-state index contributed by atoms with van der Waals surface area (Å²) in [5.74, 6) is 2.56. The molecule has 0 radical (unpaired) electrons. The molecule has 0 unspecified atom stereocenters. The Hall–Kier alpha value is -1.56. The Morgan fingerprint density at radius 2 is 2.12 bits per heavy atom. The Morgan fingerprint density at radius 3 is 2.71 bits per heavy atom. The van der Waals surface area contributed by atoms with E-state index in [0.29, 0.717) is 5.56 Å². The molecule has 90 valence electrons. The average Bonchev–Trinajstić information content (AvgIpc) is 2.39. The van der Waals surface area contributed by atoms with Gasteiger partial charge in [0.05, 0.1) is 11.6 Å². The first-order valence-electron chi connectivity index (χ1n) is 6.32. The van der Waals surface area contributed by atoms with Crippen molar-refractivity contribution in [3.8, 4) is 6.07 Å². The Balaban J connectivity index is 2.03. The molecule has 0 aromatic carbocycles. The Bertz CT molecular complexity index is 412. The number of anilines is 1. The van der Waals surface area contributed by atoms with Crippen molar-refractivity contribution in [2.75, 3.05) is 18.0 Å². The van der Waals surface area contributed by atoms with Gasteiger partial charge in [0, 0.05) is 19.3 Å². The van der Waals surface area contributed by atoms with Crippen molar-refractivity contribution in [1.29, 1.82) is 5.26 Å². The lowest BCUT2D eigenvalue weighted by molar-refractivity contribution is 0.310. The van der Waals surface area contributed by atoms with Gasteiger partial charge in [-0.25, -0.2) is 4.98 Å². The van der Waals surface area contributed by atoms with Crippen LogP contribution < -0.4 is 4.90 Å². The molecule has 2 heterocycles. The van der Waals surface area contributed by atoms with Crippen molar-refractivity contribution in [3.63, 3.8) is 0 Å². The molecule has 0 N–H and O–H groups in total. The van der Waals surface area contributed by atoms with E-state index in [1.165, 1.54) is 12.8 Å². The van der Waals surface area contributed by atoms with E-state index in [1.54, 1.807) is 12.3 Å². The molecule has 1 aromatic heterocycles. The second kappa shape index (κ2) is 5.18. The predicted octanol–water partition coefficient (Wildman–Crippen LogP) is 2.83. The van der Waals surface area contributed by atoms with E-state index < -0.39 is 0 Å². The van der Waals surface area contributed by atoms with Crippen molar-refractivity contribution in [2.45, 2.75) is 26.7 Å². The highest BCUT2D eigenvalue weighted by molar-refractivity contribution is 5.45. The van der Waals surface area contributed by atoms with Crippen LogP contribution in [0.3, 0.4) is 0 Å². The number of aromatic nitrogens is 1. The zero-order valence-electron chi connectivity index (χ0n) is 10.6. The molecule has 3 heteroatoms. The maximum Gasteiger partial charge on any atom is 0.129 e. The van der Waals surface area contributed by atoms with Crippen LogP contribution in [0.25, 0.3) is 0 Å². The molecule has 17 heavy (non-hydrogen) atoms. The fraction of sp³-hybridized carbons (Fsp3) is 0.571. The van der Waals surface area contributed by atoms with E-state index >= 15 is 0 Å². The number of pyridine rings is 1. The number of nitriles is 1. The molecule has 1 aromatic rings. The van der Waals surface area contributed by atoms with E-state index in [0.717, 1.165) is 30.7 Å². The molecule has 1 saturated heterocycles. The summed E-state index contributed by atoms with van der Waals surface area (Å²) in [5.41, 5.74) is 0.695. The van der Waals surface area contributed by atoms with Crippen LogP contribution in [0, 0.1) is 23.2 Å². The molecule has 1 aliphatic rings. The Kier molecular flexibility index (Phi) is 3.63. The lowest BCUT2D eigenvalue weighted by Crippen LogP contribution is -2.35. The minimum Gasteiger partial charge on any atom is -0.357 e. The number of nitrogens with zero attached hydrogens (tertiary/aromatic N) is 3. The number of hydrogen-bond donors (Lipinski definition) is 0. The average molecular weight is 229 g/mol. The third-order valence-electron chi connectivity index (χ3n) is 3.68. The fourth-order valence-electron chi connectivity index (χ4n) is 2.46. The largest absolute Gasteiger partial charge is 0.357 e. The van der Waals surface area contributed by atoms with Gasteiger partial charge >= 0.3 is 0 Å². The summed E-state index contributed by atoms with van der Waals surface area (Å²) in [6, 6.07) is 5.81. The Morgan fingerprint density at radius 1 is 1.41 bits per heavy atom. The first kappa shape index (κ1) is 11.9. The van der Waals surface area contributed by atoms with Crippen LogP contribution in [0.4, 0.5) is 5.82 Å². The van der Waals surface area contributed by atoms with Gasteiger partial charge in [-0.2, -0.15) is 5.26 Å². The first-order chi connectivity index (χ1) is 8.20. The molecular weight excluding hydrogens is 210 g/mol. The van der Waals surface area contributed by atoms with Gasteiger partial charge in [-0.05, 0) is 36.8 Å². The van der Waals surface area contributed by atoms with Gasteiger partial charge in [-0.3, -0.25) is 0 Å². The highest BCUT2D eigenvalue weighted by atomic mass is 15.2. The summed E-state index contributed by atoms with van der Waals surface area (Å²) < 4.78 is 0. The molecule has 0 spiro atoms. The first-order valence-corrected chi connectivity index (χ1v) is 6.32. The molecule has 0 aliphatic carbocycles. The van der Waals surface area contributed by atoms with Crippen LogP contribution in [0.2, 0.25) is 0 Å². The smallest absolute Gasteiger partial charge is 0.129 e. The van der Waals surface area contributed by atoms with Crippen molar-refractivity contribution in [2.24, 2.45) is 11.8 Å². The van der Waals surface area contributed by atoms with Crippen LogP contribution in [0.1, 0.15) is 32.3 Å². The van der Waals surface area contributed by atoms with Crippen molar-refractivity contribution >= 4 is 5.82 Å². The molecule has 0 saturated carbocycles. The molecule has 0 bridgehead atoms. The number of hydrogen-bond acceptors (Lipinski definition) is 3. The van der Waals surface area contributed by atoms with E-state index in [1.807, 2.05) is 6.07 Å². The summed E-state index contributed by atoms with van der Waals surface area (Å²) >= 11 is 0. The molecular formula is C14H19N3. The van der Waals surface area contributed by atoms with Crippen molar-refractivity contribution in [3.05, 3.63) is 23.9 Å². The normalized spacial score (nSPS) is 17.2. The van der Waals surface area contributed by atoms with Gasteiger partial charge in [-0.15, -0.1) is 0 Å². The van der Waals surface area contributed by atoms with Crippen LogP contribution in [0.5, 0.6) is 0 Å². The van der Waals surface area contributed by atoms with Crippen LogP contribution in [-0.4, -0.2) is 18.1 Å². The highest BCUT2D eigenvalue weighted by Gasteiger charge is 2.22. The van der Waals surface area contributed by atoms with Crippen LogP contribution >= 0.6 is 0 Å². The summed E-state index contributed by atoms with van der Waals surface area (Å²) in [4.78, 5) is 6.65. The number of piperidine rings is 1. The lowest BCUT2D eigenvalue weighted by Gasteiger charge is -2.34. The molecule has 1 fully saturated rings. The lowest BCUT2D eigenvalue weighted by atomic mass is 9.87. The maximum absolute atomic E-state index is 8.88. The quantitative estimate of drug-likeness (QED) is 0.783. The third kappa shape index (κ3) is 2.76. The van der Waals surface area contributed by atoms with Crippen molar-refractivity contribution in [1.82, 2.24) is 4.98 Å². The monoisotopic (exact) mass is 229 g/mol. The summed E-state index contributed by atoms with van der Waals surface area (Å²) in [6.45, 7) is 6.72. The highest BCUT2D eigenvalue weighted by Crippen LogP contribution is 2.26. The summed E-state index contributed by atoms with van der Waals surface area (Å²) in [5, 5.41) is 8.88. The van der Waals surface area contributed by atoms with E-state index in [4.69, 9.17) is 5.26 Å². The second-order valence-corrected chi connectivity index (χ2v) is 5.08. The minimum atomic E-state index is 0.695. The summed E-state index contributed by atoms with van der Waals surface area (Å²) in [6.07, 6.45) is 4.19. The molecule has 0 amide bonds. The molecule has 3 nitrogen and oxygen atoms in total. The van der Waals surface area contributed by atoms with Crippen LogP contribution in [0.15, 0.2) is 18.3 Å². The minimum absolute atomic E-state index is 0.695. The number of rotatable bonds is 2. The van der Waals surface area contributed by atoms with Crippen LogP contribution in [-0.2, 0) is 0 Å². The fourth-order valence-corrected chi connectivity index (χ4v) is 2.46. The molecule has 2 rings (SSSR count). The van der Waals surface area contributed by atoms with E-state index in [9.17, 15) is 0 Å². The summed E-state index contributed by atoms with van der Waals surface area (Å²) in [7, 11) is 0. The predicted molar refractivity (Wildman–Crippen MR) is 68.7 cm³/mol. The van der Waals surface area contributed by atoms with E-state index in [2.05, 4.69) is 29.8 Å². The van der Waals surface area contributed by atoms with Gasteiger partial charge in [0.2, 0.25) is 0 Å². The molecule has 1 aliphatic heterocycles. The zero-order chi connectivity index (χ0) is 12.3. The van der Waals surface area contributed by atoms with Gasteiger partial charge in [0.15, 0.2) is 0 Å². The topological polar surface area (TPSA) is 39.9 Å². The van der Waals surface area contributed by atoms with Gasteiger partial charge in [0.1, 0.15) is 5.82 Å². The SMILES string of the molecule is CC(C)C1CCN(c2cc(C#N)ccn2)CC1. The third-order valence-corrected chi connectivity index (χ3v) is 3.68. The van der Waals surface area contributed by atoms with Gasteiger partial charge < -0.3 is 4.90 Å². The Labute approximate surface area is 103 Å². The van der Waals surface area contributed by atoms with Gasteiger partial charge in [0.25, 0.3) is 0 Å². The maximum atomic E-state index is 8.88. The zero-order valence-corrected chi connectivity index (χ0v) is 10.6. The standard InChI is InChI=1S/C14H19N3/c1-11(2)13-4-7-17(8-5-13)14-9-12(10-15)3-6-16-14/h3,6,9,11,13H,4-5,7-8H2,1-2H3. The van der Waals surface area contributed by atoms with Crippen molar-refractivity contribution < 1.29 is 0 Å². The van der Waals surface area contributed by atoms with Gasteiger partial charge in [-0.1, -0.05) is 13.8 Å². The molecule has 0 atom stereocenters. The van der Waals surface area contributed by atoms with E-state index in [-0.39, 0.29) is 0 Å².